The van der Waals surface area contributed by atoms with E-state index in [4.69, 9.17) is 0 Å². The first-order valence-corrected chi connectivity index (χ1v) is 6.15. The molecule has 0 unspecified atom stereocenters. The van der Waals surface area contributed by atoms with Gasteiger partial charge in [0.05, 0.1) is 0 Å². The molecule has 0 aromatic heterocycles. The van der Waals surface area contributed by atoms with E-state index in [1.54, 1.807) is 0 Å². The van der Waals surface area contributed by atoms with Gasteiger partial charge in [0.1, 0.15) is 0 Å². The molecule has 0 aliphatic carbocycles. The molecular formula is C13H17F3N2. The summed E-state index contributed by atoms with van der Waals surface area (Å²) in [6.45, 7) is 0.906. The fourth-order valence-electron chi connectivity index (χ4n) is 2.20. The van der Waals surface area contributed by atoms with Crippen molar-refractivity contribution in [3.63, 3.8) is 0 Å². The summed E-state index contributed by atoms with van der Waals surface area (Å²) in [7, 11) is 0. The molecule has 2 nitrogen and oxygen atoms in total. The lowest BCUT2D eigenvalue weighted by atomic mass is 10.0. The molecule has 0 amide bonds. The maximum atomic E-state index is 12.4. The minimum Gasteiger partial charge on any atom is -0.310 e. The Bertz CT molecular complexity index is 356. The van der Waals surface area contributed by atoms with Gasteiger partial charge in [0.15, 0.2) is 0 Å². The standard InChI is InChI=1S/C13H17F3N2/c14-13(15,16)18-8-6-12(7-9-18)17-10-11-4-2-1-3-5-11/h1-5,12,17H,6-10H2. The minimum atomic E-state index is -4.18. The lowest BCUT2D eigenvalue weighted by Gasteiger charge is -2.33. The SMILES string of the molecule is FC(F)(F)N1CCC(NCc2ccccc2)CC1. The van der Waals surface area contributed by atoms with Crippen molar-refractivity contribution in [1.82, 2.24) is 10.2 Å². The van der Waals surface area contributed by atoms with Gasteiger partial charge in [-0.1, -0.05) is 30.3 Å². The van der Waals surface area contributed by atoms with Crippen LogP contribution in [0.15, 0.2) is 30.3 Å². The molecule has 1 fully saturated rings. The van der Waals surface area contributed by atoms with E-state index in [0.29, 0.717) is 17.7 Å². The Morgan fingerprint density at radius 1 is 1.11 bits per heavy atom. The molecule has 0 bridgehead atoms. The Morgan fingerprint density at radius 2 is 1.72 bits per heavy atom. The van der Waals surface area contributed by atoms with E-state index in [1.165, 1.54) is 0 Å². The summed E-state index contributed by atoms with van der Waals surface area (Å²) < 4.78 is 37.3. The molecule has 2 rings (SSSR count). The highest BCUT2D eigenvalue weighted by molar-refractivity contribution is 5.14. The first kappa shape index (κ1) is 13.4. The zero-order valence-corrected chi connectivity index (χ0v) is 10.1. The molecule has 1 aromatic rings. The summed E-state index contributed by atoms with van der Waals surface area (Å²) >= 11 is 0. The molecule has 0 saturated carbocycles. The highest BCUT2D eigenvalue weighted by atomic mass is 19.4. The molecule has 100 valence electrons. The van der Waals surface area contributed by atoms with E-state index >= 15 is 0 Å². The monoisotopic (exact) mass is 258 g/mol. The van der Waals surface area contributed by atoms with Crippen molar-refractivity contribution < 1.29 is 13.2 Å². The molecule has 1 heterocycles. The van der Waals surface area contributed by atoms with Crippen LogP contribution < -0.4 is 5.32 Å². The van der Waals surface area contributed by atoms with Crippen LogP contribution in [-0.2, 0) is 6.54 Å². The second-order valence-electron chi connectivity index (χ2n) is 4.60. The maximum absolute atomic E-state index is 12.4. The summed E-state index contributed by atoms with van der Waals surface area (Å²) in [5.74, 6) is 0. The van der Waals surface area contributed by atoms with Crippen LogP contribution in [0.4, 0.5) is 13.2 Å². The first-order valence-electron chi connectivity index (χ1n) is 6.15. The lowest BCUT2D eigenvalue weighted by molar-refractivity contribution is -0.250. The number of hydrogen-bond donors (Lipinski definition) is 1. The van der Waals surface area contributed by atoms with E-state index in [0.717, 1.165) is 12.1 Å². The fraction of sp³-hybridized carbons (Fsp3) is 0.538. The van der Waals surface area contributed by atoms with Crippen molar-refractivity contribution in [3.8, 4) is 0 Å². The Balaban J connectivity index is 1.74. The second-order valence-corrected chi connectivity index (χ2v) is 4.60. The van der Waals surface area contributed by atoms with Crippen molar-refractivity contribution in [2.24, 2.45) is 0 Å². The molecule has 1 saturated heterocycles. The number of piperidine rings is 1. The molecule has 18 heavy (non-hydrogen) atoms. The average molecular weight is 258 g/mol. The average Bonchev–Trinajstić information content (AvgIpc) is 2.37. The van der Waals surface area contributed by atoms with E-state index in [2.05, 4.69) is 5.32 Å². The van der Waals surface area contributed by atoms with E-state index < -0.39 is 6.30 Å². The normalized spacial score (nSPS) is 19.1. The Labute approximate surface area is 105 Å². The smallest absolute Gasteiger partial charge is 0.310 e. The van der Waals surface area contributed by atoms with Gasteiger partial charge in [-0.05, 0) is 18.4 Å². The quantitative estimate of drug-likeness (QED) is 0.839. The third-order valence-electron chi connectivity index (χ3n) is 3.29. The van der Waals surface area contributed by atoms with Crippen molar-refractivity contribution in [3.05, 3.63) is 35.9 Å². The summed E-state index contributed by atoms with van der Waals surface area (Å²) in [5, 5.41) is 3.32. The van der Waals surface area contributed by atoms with Crippen LogP contribution in [-0.4, -0.2) is 30.3 Å². The van der Waals surface area contributed by atoms with Crippen LogP contribution >= 0.6 is 0 Å². The third kappa shape index (κ3) is 3.71. The molecule has 0 atom stereocenters. The van der Waals surface area contributed by atoms with Crippen LogP contribution in [0.3, 0.4) is 0 Å². The van der Waals surface area contributed by atoms with Gasteiger partial charge < -0.3 is 5.32 Å². The summed E-state index contributed by atoms with van der Waals surface area (Å²) in [6.07, 6.45) is -3.08. The van der Waals surface area contributed by atoms with Crippen LogP contribution in [0.5, 0.6) is 0 Å². The summed E-state index contributed by atoms with van der Waals surface area (Å²) in [5.41, 5.74) is 1.16. The molecule has 5 heteroatoms. The third-order valence-corrected chi connectivity index (χ3v) is 3.29. The largest absolute Gasteiger partial charge is 0.459 e. The van der Waals surface area contributed by atoms with E-state index in [-0.39, 0.29) is 19.1 Å². The van der Waals surface area contributed by atoms with Crippen LogP contribution in [0.1, 0.15) is 18.4 Å². The number of likely N-dealkylation sites (tertiary alicyclic amines) is 1. The van der Waals surface area contributed by atoms with Crippen molar-refractivity contribution in [2.45, 2.75) is 31.7 Å². The molecule has 1 N–H and O–H groups in total. The number of nitrogens with one attached hydrogen (secondary N) is 1. The number of rotatable bonds is 3. The summed E-state index contributed by atoms with van der Waals surface area (Å²) in [4.78, 5) is 0.591. The van der Waals surface area contributed by atoms with Gasteiger partial charge in [-0.25, -0.2) is 4.90 Å². The lowest BCUT2D eigenvalue weighted by Crippen LogP contribution is -2.48. The minimum absolute atomic E-state index is 0.0932. The van der Waals surface area contributed by atoms with Crippen LogP contribution in [0.2, 0.25) is 0 Å². The number of hydrogen-bond acceptors (Lipinski definition) is 2. The highest BCUT2D eigenvalue weighted by Gasteiger charge is 2.38. The zero-order chi connectivity index (χ0) is 13.0. The fourth-order valence-corrected chi connectivity index (χ4v) is 2.20. The number of halogens is 3. The molecule has 1 aromatic carbocycles. The van der Waals surface area contributed by atoms with Gasteiger partial charge in [-0.15, -0.1) is 0 Å². The van der Waals surface area contributed by atoms with Crippen molar-refractivity contribution in [2.75, 3.05) is 13.1 Å². The van der Waals surface area contributed by atoms with Crippen molar-refractivity contribution in [1.29, 1.82) is 0 Å². The maximum Gasteiger partial charge on any atom is 0.459 e. The van der Waals surface area contributed by atoms with Crippen LogP contribution in [0.25, 0.3) is 0 Å². The van der Waals surface area contributed by atoms with E-state index in [9.17, 15) is 13.2 Å². The summed E-state index contributed by atoms with van der Waals surface area (Å²) in [6, 6.07) is 10.1. The predicted octanol–water partition coefficient (Wildman–Crippen LogP) is 2.76. The van der Waals surface area contributed by atoms with Gasteiger partial charge in [-0.2, -0.15) is 13.2 Å². The molecule has 0 spiro atoms. The molecule has 1 aliphatic rings. The molecular weight excluding hydrogens is 241 g/mol. The Kier molecular flexibility index (Phi) is 4.24. The first-order chi connectivity index (χ1) is 8.55. The van der Waals surface area contributed by atoms with Gasteiger partial charge in [0, 0.05) is 25.7 Å². The zero-order valence-electron chi connectivity index (χ0n) is 10.1. The van der Waals surface area contributed by atoms with Gasteiger partial charge in [0.2, 0.25) is 0 Å². The topological polar surface area (TPSA) is 15.3 Å². The number of alkyl halides is 3. The number of benzene rings is 1. The van der Waals surface area contributed by atoms with E-state index in [1.807, 2.05) is 30.3 Å². The molecule has 0 radical (unpaired) electrons. The predicted molar refractivity (Wildman–Crippen MR) is 63.9 cm³/mol. The number of nitrogens with zero attached hydrogens (tertiary/aromatic N) is 1. The van der Waals surface area contributed by atoms with Gasteiger partial charge in [-0.3, -0.25) is 0 Å². The van der Waals surface area contributed by atoms with Crippen LogP contribution in [0, 0.1) is 0 Å². The molecule has 1 aliphatic heterocycles. The second kappa shape index (κ2) is 5.71. The van der Waals surface area contributed by atoms with Gasteiger partial charge >= 0.3 is 6.30 Å². The van der Waals surface area contributed by atoms with Gasteiger partial charge in [0.25, 0.3) is 0 Å². The Hall–Kier alpha value is -1.07. The Morgan fingerprint density at radius 3 is 2.28 bits per heavy atom. The highest BCUT2D eigenvalue weighted by Crippen LogP contribution is 2.25. The van der Waals surface area contributed by atoms with Crippen molar-refractivity contribution >= 4 is 0 Å².